The van der Waals surface area contributed by atoms with E-state index in [0.717, 1.165) is 0 Å². The highest BCUT2D eigenvalue weighted by Crippen LogP contribution is 2.15. The molecule has 1 aromatic heterocycles. The van der Waals surface area contributed by atoms with E-state index < -0.39 is 17.8 Å². The van der Waals surface area contributed by atoms with Gasteiger partial charge in [0.05, 0.1) is 5.69 Å². The highest BCUT2D eigenvalue weighted by molar-refractivity contribution is 6.03. The second-order valence-electron chi connectivity index (χ2n) is 4.24. The highest BCUT2D eigenvalue weighted by atomic mass is 16.4. The van der Waals surface area contributed by atoms with Crippen molar-refractivity contribution >= 4 is 17.6 Å². The summed E-state index contributed by atoms with van der Waals surface area (Å²) >= 11 is 0. The van der Waals surface area contributed by atoms with Crippen molar-refractivity contribution in [1.29, 1.82) is 0 Å². The van der Waals surface area contributed by atoms with Crippen molar-refractivity contribution in [3.8, 4) is 5.69 Å². The van der Waals surface area contributed by atoms with E-state index in [-0.39, 0.29) is 0 Å². The summed E-state index contributed by atoms with van der Waals surface area (Å²) in [5, 5.41) is 22.5. The lowest BCUT2D eigenvalue weighted by Gasteiger charge is -2.09. The third-order valence-electron chi connectivity index (χ3n) is 2.75. The van der Waals surface area contributed by atoms with Crippen LogP contribution in [-0.2, 0) is 9.59 Å². The molecular formula is C12H13N5O3. The molecule has 8 heteroatoms. The van der Waals surface area contributed by atoms with Crippen LogP contribution in [-0.4, -0.2) is 37.2 Å². The Kier molecular flexibility index (Phi) is 3.74. The van der Waals surface area contributed by atoms with Gasteiger partial charge in [0.15, 0.2) is 5.82 Å². The van der Waals surface area contributed by atoms with Gasteiger partial charge in [-0.3, -0.25) is 9.59 Å². The summed E-state index contributed by atoms with van der Waals surface area (Å²) in [4.78, 5) is 22.4. The summed E-state index contributed by atoms with van der Waals surface area (Å²) in [6.07, 6.45) is 0. The number of rotatable bonds is 4. The van der Waals surface area contributed by atoms with E-state index in [0.29, 0.717) is 17.2 Å². The molecule has 2 rings (SSSR count). The molecule has 0 radical (unpaired) electrons. The zero-order chi connectivity index (χ0) is 14.7. The number of benzene rings is 1. The molecule has 1 aromatic carbocycles. The van der Waals surface area contributed by atoms with Crippen LogP contribution in [0.5, 0.6) is 0 Å². The zero-order valence-electron chi connectivity index (χ0n) is 10.9. The fourth-order valence-electron chi connectivity index (χ4n) is 1.55. The fraction of sp³-hybridized carbons (Fsp3) is 0.250. The Morgan fingerprint density at radius 1 is 1.40 bits per heavy atom. The van der Waals surface area contributed by atoms with Gasteiger partial charge in [0.1, 0.15) is 5.92 Å². The second-order valence-corrected chi connectivity index (χ2v) is 4.24. The van der Waals surface area contributed by atoms with E-state index in [2.05, 4.69) is 20.8 Å². The normalized spacial score (nSPS) is 11.9. The van der Waals surface area contributed by atoms with E-state index in [4.69, 9.17) is 5.11 Å². The van der Waals surface area contributed by atoms with E-state index in [1.54, 1.807) is 31.2 Å². The third kappa shape index (κ3) is 2.79. The number of aryl methyl sites for hydroxylation is 1. The lowest BCUT2D eigenvalue weighted by Crippen LogP contribution is -2.26. The Hall–Kier alpha value is -2.77. The number of tetrazole rings is 1. The van der Waals surface area contributed by atoms with Crippen molar-refractivity contribution in [3.63, 3.8) is 0 Å². The minimum Gasteiger partial charge on any atom is -0.481 e. The molecule has 0 fully saturated rings. The van der Waals surface area contributed by atoms with E-state index in [9.17, 15) is 9.59 Å². The average molecular weight is 275 g/mol. The van der Waals surface area contributed by atoms with Crippen molar-refractivity contribution in [3.05, 3.63) is 30.1 Å². The molecule has 8 nitrogen and oxygen atoms in total. The SMILES string of the molecule is Cc1nnnn1-c1cccc(NC(=O)C(C)C(=O)O)c1. The monoisotopic (exact) mass is 275 g/mol. The minimum absolute atomic E-state index is 0.482. The lowest BCUT2D eigenvalue weighted by molar-refractivity contribution is -0.144. The van der Waals surface area contributed by atoms with Crippen molar-refractivity contribution in [2.75, 3.05) is 5.32 Å². The Balaban J connectivity index is 2.21. The predicted molar refractivity (Wildman–Crippen MR) is 69.3 cm³/mol. The quantitative estimate of drug-likeness (QED) is 0.792. The molecule has 0 spiro atoms. The van der Waals surface area contributed by atoms with E-state index in [1.165, 1.54) is 11.6 Å². The topological polar surface area (TPSA) is 110 Å². The van der Waals surface area contributed by atoms with Gasteiger partial charge in [0.25, 0.3) is 0 Å². The second kappa shape index (κ2) is 5.47. The van der Waals surface area contributed by atoms with Crippen LogP contribution in [0.2, 0.25) is 0 Å². The molecule has 2 aromatic rings. The standard InChI is InChI=1S/C12H13N5O3/c1-7(12(19)20)11(18)13-9-4-3-5-10(6-9)17-8(2)14-15-16-17/h3-7H,1-2H3,(H,13,18)(H,19,20). The molecule has 0 aliphatic carbocycles. The molecular weight excluding hydrogens is 262 g/mol. The summed E-state index contributed by atoms with van der Waals surface area (Å²) in [6, 6.07) is 6.82. The number of aliphatic carboxylic acids is 1. The zero-order valence-corrected chi connectivity index (χ0v) is 10.9. The number of carbonyl (C=O) groups is 2. The maximum Gasteiger partial charge on any atom is 0.315 e. The largest absolute Gasteiger partial charge is 0.481 e. The smallest absolute Gasteiger partial charge is 0.315 e. The number of carboxylic acid groups (broad SMARTS) is 1. The van der Waals surface area contributed by atoms with Crippen molar-refractivity contribution < 1.29 is 14.7 Å². The first kappa shape index (κ1) is 13.7. The van der Waals surface area contributed by atoms with Gasteiger partial charge in [0.2, 0.25) is 5.91 Å². The number of hydrogen-bond acceptors (Lipinski definition) is 5. The molecule has 0 aliphatic heterocycles. The number of carbonyl (C=O) groups excluding carboxylic acids is 1. The average Bonchev–Trinajstić information content (AvgIpc) is 2.84. The first-order valence-electron chi connectivity index (χ1n) is 5.88. The van der Waals surface area contributed by atoms with Crippen LogP contribution in [0.25, 0.3) is 5.69 Å². The number of nitrogens with one attached hydrogen (secondary N) is 1. The van der Waals surface area contributed by atoms with Crippen LogP contribution in [0.15, 0.2) is 24.3 Å². The Morgan fingerprint density at radius 3 is 2.75 bits per heavy atom. The molecule has 0 aliphatic rings. The summed E-state index contributed by atoms with van der Waals surface area (Å²) < 4.78 is 1.51. The van der Waals surface area contributed by atoms with Crippen LogP contribution in [0.4, 0.5) is 5.69 Å². The van der Waals surface area contributed by atoms with E-state index in [1.807, 2.05) is 0 Å². The number of amides is 1. The molecule has 1 unspecified atom stereocenters. The molecule has 104 valence electrons. The van der Waals surface area contributed by atoms with Gasteiger partial charge in [-0.25, -0.2) is 0 Å². The molecule has 0 bridgehead atoms. The predicted octanol–water partition coefficient (Wildman–Crippen LogP) is 0.630. The number of hydrogen-bond donors (Lipinski definition) is 2. The Labute approximate surface area is 114 Å². The number of carboxylic acids is 1. The number of anilines is 1. The minimum atomic E-state index is -1.17. The number of nitrogens with zero attached hydrogens (tertiary/aromatic N) is 4. The van der Waals surface area contributed by atoms with Crippen LogP contribution in [0.1, 0.15) is 12.7 Å². The van der Waals surface area contributed by atoms with Crippen molar-refractivity contribution in [2.24, 2.45) is 5.92 Å². The summed E-state index contributed by atoms with van der Waals surface area (Å²) in [6.45, 7) is 3.07. The molecule has 20 heavy (non-hydrogen) atoms. The summed E-state index contributed by atoms with van der Waals surface area (Å²) in [7, 11) is 0. The maximum atomic E-state index is 11.7. The fourth-order valence-corrected chi connectivity index (χ4v) is 1.55. The summed E-state index contributed by atoms with van der Waals surface area (Å²) in [5.41, 5.74) is 1.16. The Bertz CT molecular complexity index is 652. The van der Waals surface area contributed by atoms with Gasteiger partial charge in [-0.15, -0.1) is 5.10 Å². The summed E-state index contributed by atoms with van der Waals surface area (Å²) in [5.74, 6) is -2.26. The van der Waals surface area contributed by atoms with Crippen molar-refractivity contribution in [2.45, 2.75) is 13.8 Å². The van der Waals surface area contributed by atoms with Crippen LogP contribution in [0, 0.1) is 12.8 Å². The van der Waals surface area contributed by atoms with Gasteiger partial charge < -0.3 is 10.4 Å². The van der Waals surface area contributed by atoms with Crippen molar-refractivity contribution in [1.82, 2.24) is 20.2 Å². The first-order chi connectivity index (χ1) is 9.49. The first-order valence-corrected chi connectivity index (χ1v) is 5.88. The van der Waals surface area contributed by atoms with Crippen LogP contribution >= 0.6 is 0 Å². The van der Waals surface area contributed by atoms with Gasteiger partial charge in [-0.05, 0) is 42.5 Å². The highest BCUT2D eigenvalue weighted by Gasteiger charge is 2.20. The molecule has 1 heterocycles. The number of aromatic nitrogens is 4. The van der Waals surface area contributed by atoms with Crippen LogP contribution < -0.4 is 5.32 Å². The molecule has 1 atom stereocenters. The maximum absolute atomic E-state index is 11.7. The van der Waals surface area contributed by atoms with E-state index >= 15 is 0 Å². The molecule has 2 N–H and O–H groups in total. The molecule has 0 saturated carbocycles. The third-order valence-corrected chi connectivity index (χ3v) is 2.75. The van der Waals surface area contributed by atoms with Crippen LogP contribution in [0.3, 0.4) is 0 Å². The molecule has 1 amide bonds. The van der Waals surface area contributed by atoms with Gasteiger partial charge >= 0.3 is 5.97 Å². The van der Waals surface area contributed by atoms with Gasteiger partial charge in [0, 0.05) is 5.69 Å². The van der Waals surface area contributed by atoms with Gasteiger partial charge in [-0.1, -0.05) is 6.07 Å². The molecule has 0 saturated heterocycles. The van der Waals surface area contributed by atoms with Gasteiger partial charge in [-0.2, -0.15) is 4.68 Å². The lowest BCUT2D eigenvalue weighted by atomic mass is 10.1. The Morgan fingerprint density at radius 2 is 2.15 bits per heavy atom.